The third-order valence-corrected chi connectivity index (χ3v) is 6.29. The quantitative estimate of drug-likeness (QED) is 0.818. The molecule has 1 saturated carbocycles. The number of nitrogens with zero attached hydrogens (tertiary/aromatic N) is 1. The molecule has 0 unspecified atom stereocenters. The number of benzene rings is 2. The molecule has 29 heavy (non-hydrogen) atoms. The van der Waals surface area contributed by atoms with Crippen molar-refractivity contribution < 1.29 is 9.59 Å². The average Bonchev–Trinajstić information content (AvgIpc) is 2.80. The van der Waals surface area contributed by atoms with Gasteiger partial charge >= 0.3 is 0 Å². The molecule has 152 valence electrons. The summed E-state index contributed by atoms with van der Waals surface area (Å²) in [5, 5.41) is 3.21. The number of amides is 2. The fourth-order valence-electron chi connectivity index (χ4n) is 4.65. The molecule has 2 aliphatic rings. The van der Waals surface area contributed by atoms with Crippen molar-refractivity contribution in [1.29, 1.82) is 0 Å². The summed E-state index contributed by atoms with van der Waals surface area (Å²) in [6.45, 7) is 1.51. The molecule has 0 spiro atoms. The average molecular weight is 391 g/mol. The SMILES string of the molecule is O=C(NC1CCCCC1)c1cccc([C@@H]2CCCN(C(=O)c3ccccc3)C2)c1. The molecule has 1 aliphatic carbocycles. The predicted molar refractivity (Wildman–Crippen MR) is 115 cm³/mol. The maximum atomic E-state index is 12.8. The Kier molecular flexibility index (Phi) is 6.28. The topological polar surface area (TPSA) is 49.4 Å². The molecule has 1 atom stereocenters. The number of hydrogen-bond donors (Lipinski definition) is 1. The first-order chi connectivity index (χ1) is 14.2. The molecule has 1 N–H and O–H groups in total. The van der Waals surface area contributed by atoms with Crippen molar-refractivity contribution in [2.75, 3.05) is 13.1 Å². The Hall–Kier alpha value is -2.62. The third-order valence-electron chi connectivity index (χ3n) is 6.29. The van der Waals surface area contributed by atoms with Crippen LogP contribution in [0.25, 0.3) is 0 Å². The van der Waals surface area contributed by atoms with Crippen molar-refractivity contribution in [3.05, 3.63) is 71.3 Å². The van der Waals surface area contributed by atoms with E-state index in [9.17, 15) is 9.59 Å². The van der Waals surface area contributed by atoms with Gasteiger partial charge in [0.25, 0.3) is 11.8 Å². The van der Waals surface area contributed by atoms with Crippen LogP contribution in [-0.2, 0) is 0 Å². The molecule has 2 amide bonds. The first kappa shape index (κ1) is 19.7. The predicted octanol–water partition coefficient (Wildman–Crippen LogP) is 4.77. The lowest BCUT2D eigenvalue weighted by Crippen LogP contribution is -2.39. The van der Waals surface area contributed by atoms with Gasteiger partial charge < -0.3 is 10.2 Å². The summed E-state index contributed by atoms with van der Waals surface area (Å²) >= 11 is 0. The van der Waals surface area contributed by atoms with Gasteiger partial charge in [-0.15, -0.1) is 0 Å². The summed E-state index contributed by atoms with van der Waals surface area (Å²) in [7, 11) is 0. The molecule has 4 nitrogen and oxygen atoms in total. The van der Waals surface area contributed by atoms with Crippen LogP contribution in [0.3, 0.4) is 0 Å². The van der Waals surface area contributed by atoms with Crippen LogP contribution in [0.15, 0.2) is 54.6 Å². The van der Waals surface area contributed by atoms with Crippen molar-refractivity contribution in [3.63, 3.8) is 0 Å². The van der Waals surface area contributed by atoms with Gasteiger partial charge in [-0.25, -0.2) is 0 Å². The molecule has 1 saturated heterocycles. The number of rotatable bonds is 4. The standard InChI is InChI=1S/C25H30N2O2/c28-24(26-23-14-5-2-6-15-23)21-12-7-11-20(17-21)22-13-8-16-27(18-22)25(29)19-9-3-1-4-10-19/h1,3-4,7,9-12,17,22-23H,2,5-6,8,13-16,18H2,(H,26,28)/t22-/m1/s1. The van der Waals surface area contributed by atoms with E-state index in [1.165, 1.54) is 19.3 Å². The lowest BCUT2D eigenvalue weighted by Gasteiger charge is -2.33. The van der Waals surface area contributed by atoms with Crippen LogP contribution in [0.2, 0.25) is 0 Å². The van der Waals surface area contributed by atoms with E-state index in [4.69, 9.17) is 0 Å². The molecule has 1 aliphatic heterocycles. The molecular formula is C25H30N2O2. The van der Waals surface area contributed by atoms with Gasteiger partial charge in [0.15, 0.2) is 0 Å². The van der Waals surface area contributed by atoms with Gasteiger partial charge in [-0.2, -0.15) is 0 Å². The summed E-state index contributed by atoms with van der Waals surface area (Å²) in [6, 6.07) is 17.8. The Balaban J connectivity index is 1.43. The Morgan fingerprint density at radius 2 is 1.59 bits per heavy atom. The minimum atomic E-state index is 0.0341. The first-order valence-corrected chi connectivity index (χ1v) is 11.0. The summed E-state index contributed by atoms with van der Waals surface area (Å²) in [5.74, 6) is 0.409. The zero-order valence-corrected chi connectivity index (χ0v) is 17.0. The van der Waals surface area contributed by atoms with Crippen LogP contribution in [0.4, 0.5) is 0 Å². The molecule has 2 aromatic rings. The smallest absolute Gasteiger partial charge is 0.253 e. The number of carbonyl (C=O) groups excluding carboxylic acids is 2. The molecule has 1 heterocycles. The second kappa shape index (κ2) is 9.25. The lowest BCUT2D eigenvalue weighted by atomic mass is 9.89. The number of nitrogens with one attached hydrogen (secondary N) is 1. The fourth-order valence-corrected chi connectivity index (χ4v) is 4.65. The zero-order chi connectivity index (χ0) is 20.1. The van der Waals surface area contributed by atoms with E-state index in [2.05, 4.69) is 11.4 Å². The molecular weight excluding hydrogens is 360 g/mol. The number of carbonyl (C=O) groups is 2. The van der Waals surface area contributed by atoms with Gasteiger partial charge in [-0.3, -0.25) is 9.59 Å². The van der Waals surface area contributed by atoms with E-state index in [-0.39, 0.29) is 17.7 Å². The van der Waals surface area contributed by atoms with E-state index in [1.54, 1.807) is 0 Å². The maximum Gasteiger partial charge on any atom is 0.253 e. The number of hydrogen-bond acceptors (Lipinski definition) is 2. The molecule has 4 heteroatoms. The number of likely N-dealkylation sites (tertiary alicyclic amines) is 1. The van der Waals surface area contributed by atoms with Crippen LogP contribution < -0.4 is 5.32 Å². The number of piperidine rings is 1. The van der Waals surface area contributed by atoms with Gasteiger partial charge in [-0.1, -0.05) is 49.6 Å². The Bertz CT molecular complexity index is 843. The normalized spacial score (nSPS) is 20.3. The minimum Gasteiger partial charge on any atom is -0.349 e. The van der Waals surface area contributed by atoms with Crippen LogP contribution in [0, 0.1) is 0 Å². The summed E-state index contributed by atoms with van der Waals surface area (Å²) in [5.41, 5.74) is 2.64. The molecule has 2 fully saturated rings. The summed E-state index contributed by atoms with van der Waals surface area (Å²) < 4.78 is 0. The summed E-state index contributed by atoms with van der Waals surface area (Å²) in [6.07, 6.45) is 7.90. The van der Waals surface area contributed by atoms with E-state index in [0.717, 1.165) is 48.9 Å². The lowest BCUT2D eigenvalue weighted by molar-refractivity contribution is 0.0706. The second-order valence-electron chi connectivity index (χ2n) is 8.39. The van der Waals surface area contributed by atoms with Gasteiger partial charge in [0.05, 0.1) is 0 Å². The molecule has 0 aromatic heterocycles. The molecule has 2 aromatic carbocycles. The highest BCUT2D eigenvalue weighted by Gasteiger charge is 2.26. The maximum absolute atomic E-state index is 12.8. The van der Waals surface area contributed by atoms with Crippen molar-refractivity contribution in [2.45, 2.75) is 56.9 Å². The van der Waals surface area contributed by atoms with Crippen LogP contribution >= 0.6 is 0 Å². The van der Waals surface area contributed by atoms with E-state index in [0.29, 0.717) is 12.6 Å². The summed E-state index contributed by atoms with van der Waals surface area (Å²) in [4.78, 5) is 27.5. The molecule has 0 bridgehead atoms. The van der Waals surface area contributed by atoms with Crippen molar-refractivity contribution in [2.24, 2.45) is 0 Å². The van der Waals surface area contributed by atoms with Crippen LogP contribution in [0.1, 0.15) is 77.1 Å². The molecule has 0 radical (unpaired) electrons. The Morgan fingerprint density at radius 3 is 2.38 bits per heavy atom. The Morgan fingerprint density at radius 1 is 0.828 bits per heavy atom. The first-order valence-electron chi connectivity index (χ1n) is 11.0. The minimum absolute atomic E-state index is 0.0341. The van der Waals surface area contributed by atoms with Crippen molar-refractivity contribution in [3.8, 4) is 0 Å². The second-order valence-corrected chi connectivity index (χ2v) is 8.39. The highest BCUT2D eigenvalue weighted by Crippen LogP contribution is 2.28. The van der Waals surface area contributed by atoms with Crippen molar-refractivity contribution >= 4 is 11.8 Å². The van der Waals surface area contributed by atoms with Crippen LogP contribution in [0.5, 0.6) is 0 Å². The van der Waals surface area contributed by atoms with Crippen LogP contribution in [-0.4, -0.2) is 35.8 Å². The Labute approximate surface area is 173 Å². The molecule has 4 rings (SSSR count). The van der Waals surface area contributed by atoms with E-state index in [1.807, 2.05) is 53.4 Å². The van der Waals surface area contributed by atoms with Gasteiger partial charge in [0.1, 0.15) is 0 Å². The van der Waals surface area contributed by atoms with E-state index >= 15 is 0 Å². The van der Waals surface area contributed by atoms with Crippen molar-refractivity contribution in [1.82, 2.24) is 10.2 Å². The van der Waals surface area contributed by atoms with E-state index < -0.39 is 0 Å². The highest BCUT2D eigenvalue weighted by molar-refractivity contribution is 5.95. The van der Waals surface area contributed by atoms with Gasteiger partial charge in [0, 0.05) is 36.2 Å². The van der Waals surface area contributed by atoms with Gasteiger partial charge in [-0.05, 0) is 55.5 Å². The monoisotopic (exact) mass is 390 g/mol. The fraction of sp³-hybridized carbons (Fsp3) is 0.440. The zero-order valence-electron chi connectivity index (χ0n) is 17.0. The largest absolute Gasteiger partial charge is 0.349 e. The van der Waals surface area contributed by atoms with Gasteiger partial charge in [0.2, 0.25) is 0 Å². The highest BCUT2D eigenvalue weighted by atomic mass is 16.2. The third kappa shape index (κ3) is 4.87.